The lowest BCUT2D eigenvalue weighted by atomic mass is 9.85. The fourth-order valence-electron chi connectivity index (χ4n) is 5.02. The Hall–Kier alpha value is -2.84. The van der Waals surface area contributed by atoms with Crippen LogP contribution in [-0.4, -0.2) is 58.2 Å². The van der Waals surface area contributed by atoms with Crippen LogP contribution in [0, 0.1) is 5.82 Å². The van der Waals surface area contributed by atoms with Crippen molar-refractivity contribution < 1.29 is 28.0 Å². The standard InChI is InChI=1S/C22H23F2N3O4/c23-13-9-14(12-3-7-26(8-4-12)21(31)22(24)5-6-22)16-11-27(20(30)15(16)10-13)17-1-2-18(28)25-19(17)29/h9-10,12,17H,1-8,11H2,(H,25,28,29). The van der Waals surface area contributed by atoms with Crippen molar-refractivity contribution in [3.05, 3.63) is 34.6 Å². The first-order valence-electron chi connectivity index (χ1n) is 10.7. The minimum atomic E-state index is -1.69. The lowest BCUT2D eigenvalue weighted by Crippen LogP contribution is -2.52. The van der Waals surface area contributed by atoms with Crippen LogP contribution in [-0.2, 0) is 20.9 Å². The molecule has 5 rings (SSSR count). The summed E-state index contributed by atoms with van der Waals surface area (Å²) in [6.07, 6.45) is 2.07. The summed E-state index contributed by atoms with van der Waals surface area (Å²) in [6.45, 7) is 0.972. The molecule has 0 radical (unpaired) electrons. The summed E-state index contributed by atoms with van der Waals surface area (Å²) in [4.78, 5) is 51.9. The Morgan fingerprint density at radius 1 is 1.10 bits per heavy atom. The van der Waals surface area contributed by atoms with E-state index in [9.17, 15) is 28.0 Å². The van der Waals surface area contributed by atoms with Gasteiger partial charge in [-0.2, -0.15) is 0 Å². The first-order chi connectivity index (χ1) is 14.8. The number of imide groups is 1. The zero-order valence-electron chi connectivity index (χ0n) is 17.0. The van der Waals surface area contributed by atoms with Crippen LogP contribution >= 0.6 is 0 Å². The molecule has 0 aromatic heterocycles. The molecular formula is C22H23F2N3O4. The SMILES string of the molecule is O=C1CCC(N2Cc3c(cc(F)cc3C3CCN(C(=O)C4(F)CC4)CC3)C2=O)C(=O)N1. The average molecular weight is 431 g/mol. The normalized spacial score (nSPS) is 25.5. The second-order valence-electron chi connectivity index (χ2n) is 8.95. The minimum absolute atomic E-state index is 0.0576. The van der Waals surface area contributed by atoms with Gasteiger partial charge < -0.3 is 9.80 Å². The quantitative estimate of drug-likeness (QED) is 0.740. The van der Waals surface area contributed by atoms with E-state index in [1.165, 1.54) is 17.0 Å². The molecule has 3 aliphatic heterocycles. The molecule has 7 nitrogen and oxygen atoms in total. The van der Waals surface area contributed by atoms with Gasteiger partial charge in [0.15, 0.2) is 5.67 Å². The molecule has 1 aromatic carbocycles. The van der Waals surface area contributed by atoms with Gasteiger partial charge in [-0.1, -0.05) is 0 Å². The van der Waals surface area contributed by atoms with Gasteiger partial charge in [-0.15, -0.1) is 0 Å². The molecule has 0 bridgehead atoms. The highest BCUT2D eigenvalue weighted by Crippen LogP contribution is 2.43. The van der Waals surface area contributed by atoms with E-state index in [0.29, 0.717) is 37.1 Å². The number of amides is 4. The molecule has 4 aliphatic rings. The smallest absolute Gasteiger partial charge is 0.260 e. The number of halogens is 2. The molecule has 2 saturated heterocycles. The lowest BCUT2D eigenvalue weighted by molar-refractivity contribution is -0.139. The molecule has 1 aromatic rings. The zero-order valence-corrected chi connectivity index (χ0v) is 17.0. The third-order valence-corrected chi connectivity index (χ3v) is 6.95. The molecule has 3 fully saturated rings. The molecule has 1 N–H and O–H groups in total. The molecule has 1 aliphatic carbocycles. The van der Waals surface area contributed by atoms with Crippen molar-refractivity contribution in [2.75, 3.05) is 13.1 Å². The number of fused-ring (bicyclic) bond motifs is 1. The summed E-state index contributed by atoms with van der Waals surface area (Å²) < 4.78 is 28.5. The Morgan fingerprint density at radius 2 is 1.81 bits per heavy atom. The molecule has 31 heavy (non-hydrogen) atoms. The maximum Gasteiger partial charge on any atom is 0.260 e. The summed E-state index contributed by atoms with van der Waals surface area (Å²) >= 11 is 0. The van der Waals surface area contributed by atoms with Crippen molar-refractivity contribution >= 4 is 23.6 Å². The van der Waals surface area contributed by atoms with Gasteiger partial charge in [0.1, 0.15) is 11.9 Å². The second kappa shape index (κ2) is 7.10. The van der Waals surface area contributed by atoms with Crippen LogP contribution in [0.15, 0.2) is 12.1 Å². The molecule has 4 amide bonds. The molecule has 1 atom stereocenters. The molecule has 3 heterocycles. The van der Waals surface area contributed by atoms with Gasteiger partial charge in [0.25, 0.3) is 11.8 Å². The number of likely N-dealkylation sites (tertiary alicyclic amines) is 1. The van der Waals surface area contributed by atoms with Gasteiger partial charge in [-0.05, 0) is 61.3 Å². The number of hydrogen-bond donors (Lipinski definition) is 1. The van der Waals surface area contributed by atoms with Crippen LogP contribution in [0.4, 0.5) is 8.78 Å². The van der Waals surface area contributed by atoms with Gasteiger partial charge in [0, 0.05) is 31.6 Å². The average Bonchev–Trinajstić information content (AvgIpc) is 3.42. The molecule has 9 heteroatoms. The first kappa shape index (κ1) is 20.1. The van der Waals surface area contributed by atoms with E-state index in [1.807, 2.05) is 0 Å². The van der Waals surface area contributed by atoms with Crippen molar-refractivity contribution in [3.8, 4) is 0 Å². The van der Waals surface area contributed by atoms with E-state index < -0.39 is 35.2 Å². The Kier molecular flexibility index (Phi) is 4.60. The Morgan fingerprint density at radius 3 is 2.45 bits per heavy atom. The van der Waals surface area contributed by atoms with Crippen molar-refractivity contribution in [2.24, 2.45) is 0 Å². The summed E-state index contributed by atoms with van der Waals surface area (Å²) in [7, 11) is 0. The van der Waals surface area contributed by atoms with Crippen LogP contribution in [0.1, 0.15) is 65.9 Å². The van der Waals surface area contributed by atoms with Crippen LogP contribution in [0.3, 0.4) is 0 Å². The highest BCUT2D eigenvalue weighted by atomic mass is 19.1. The Bertz CT molecular complexity index is 999. The maximum atomic E-state index is 14.4. The van der Waals surface area contributed by atoms with Crippen LogP contribution < -0.4 is 5.32 Å². The fraction of sp³-hybridized carbons (Fsp3) is 0.545. The first-order valence-corrected chi connectivity index (χ1v) is 10.7. The van der Waals surface area contributed by atoms with Gasteiger partial charge in [0.2, 0.25) is 11.8 Å². The molecule has 1 saturated carbocycles. The summed E-state index contributed by atoms with van der Waals surface area (Å²) in [6, 6.07) is 1.87. The number of benzene rings is 1. The fourth-order valence-corrected chi connectivity index (χ4v) is 5.02. The van der Waals surface area contributed by atoms with Gasteiger partial charge in [0.05, 0.1) is 0 Å². The van der Waals surface area contributed by atoms with Crippen LogP contribution in [0.5, 0.6) is 0 Å². The number of carbonyl (C=O) groups excluding carboxylic acids is 4. The maximum absolute atomic E-state index is 14.4. The van der Waals surface area contributed by atoms with E-state index in [4.69, 9.17) is 0 Å². The third kappa shape index (κ3) is 3.40. The summed E-state index contributed by atoms with van der Waals surface area (Å²) in [5.41, 5.74) is -0.0301. The van der Waals surface area contributed by atoms with Crippen molar-refractivity contribution in [2.45, 2.75) is 62.7 Å². The highest BCUT2D eigenvalue weighted by Gasteiger charge is 2.53. The molecular weight excluding hydrogens is 408 g/mol. The number of alkyl halides is 1. The van der Waals surface area contributed by atoms with E-state index in [-0.39, 0.29) is 49.6 Å². The third-order valence-electron chi connectivity index (χ3n) is 6.95. The number of nitrogens with zero attached hydrogens (tertiary/aromatic N) is 2. The topological polar surface area (TPSA) is 86.8 Å². The van der Waals surface area contributed by atoms with Gasteiger partial charge in [-0.25, -0.2) is 8.78 Å². The Balaban J connectivity index is 1.35. The zero-order chi connectivity index (χ0) is 21.9. The number of rotatable bonds is 3. The number of hydrogen-bond acceptors (Lipinski definition) is 4. The monoisotopic (exact) mass is 431 g/mol. The number of nitrogens with one attached hydrogen (secondary N) is 1. The van der Waals surface area contributed by atoms with Crippen molar-refractivity contribution in [3.63, 3.8) is 0 Å². The minimum Gasteiger partial charge on any atom is -0.340 e. The summed E-state index contributed by atoms with van der Waals surface area (Å²) in [5.74, 6) is -2.31. The van der Waals surface area contributed by atoms with Crippen molar-refractivity contribution in [1.82, 2.24) is 15.1 Å². The van der Waals surface area contributed by atoms with Gasteiger partial charge in [-0.3, -0.25) is 24.5 Å². The largest absolute Gasteiger partial charge is 0.340 e. The number of piperidine rings is 2. The second-order valence-corrected chi connectivity index (χ2v) is 8.95. The van der Waals surface area contributed by atoms with E-state index >= 15 is 0 Å². The van der Waals surface area contributed by atoms with Crippen LogP contribution in [0.2, 0.25) is 0 Å². The predicted octanol–water partition coefficient (Wildman–Crippen LogP) is 1.79. The lowest BCUT2D eigenvalue weighted by Gasteiger charge is -2.34. The molecule has 164 valence electrons. The predicted molar refractivity (Wildman–Crippen MR) is 104 cm³/mol. The van der Waals surface area contributed by atoms with E-state index in [0.717, 1.165) is 0 Å². The highest BCUT2D eigenvalue weighted by molar-refractivity contribution is 6.05. The van der Waals surface area contributed by atoms with E-state index in [1.54, 1.807) is 4.90 Å². The summed E-state index contributed by atoms with van der Waals surface area (Å²) in [5, 5.41) is 2.26. The Labute approximate surface area is 177 Å². The van der Waals surface area contributed by atoms with Gasteiger partial charge >= 0.3 is 0 Å². The van der Waals surface area contributed by atoms with Crippen molar-refractivity contribution in [1.29, 1.82) is 0 Å². The number of carbonyl (C=O) groups is 4. The molecule has 0 spiro atoms. The van der Waals surface area contributed by atoms with Crippen LogP contribution in [0.25, 0.3) is 0 Å². The van der Waals surface area contributed by atoms with E-state index in [2.05, 4.69) is 5.32 Å². The molecule has 1 unspecified atom stereocenters.